The van der Waals surface area contributed by atoms with Crippen LogP contribution in [0.2, 0.25) is 0 Å². The molecule has 0 saturated carbocycles. The lowest BCUT2D eigenvalue weighted by Crippen LogP contribution is -2.62. The number of primary amides is 1. The number of imide groups is 1. The summed E-state index contributed by atoms with van der Waals surface area (Å²) >= 11 is 0.855. The van der Waals surface area contributed by atoms with Gasteiger partial charge < -0.3 is 56.4 Å². The molecule has 6 heterocycles. The van der Waals surface area contributed by atoms with Crippen molar-refractivity contribution < 1.29 is 71.1 Å². The van der Waals surface area contributed by atoms with Crippen molar-refractivity contribution in [1.82, 2.24) is 46.2 Å². The van der Waals surface area contributed by atoms with Crippen molar-refractivity contribution in [3.63, 3.8) is 0 Å². The standard InChI is InChI=1S/C62H73F2N10O13PS/c1-61(2,3)39-14-12-36(13-15-39)30-45(58(82)71-27-24-35(25-28-71)8-5-6-9-37-10-7-11-42-43(37)33-73(57(42)81)47-20-23-52(76)70-54(47)78)68-53(77)44(18-22-51(65)75)67-55(79)48-19-17-41-26-29-72(60(84)66-4)34-46(59(83)74(41)48)69-56(80)50-32-38-31-40(16-21-49(38)89-50)62(63,64)88(85,86)87/h7,10-16,21,31-32,35,41,44-48H,5,8,17-20,22-30,33-34H2,1-4H3,(H2,65,75)(H,66,84)(H,67,79)(H,68,77)(H,69,80)(H,70,76,78)(H2,85,86,87)/t41-,44+,45+,46+,47?,48+/m1/s1. The number of amides is 11. The van der Waals surface area contributed by atoms with E-state index in [1.165, 1.54) is 33.9 Å². The summed E-state index contributed by atoms with van der Waals surface area (Å²) < 4.78 is 41.3. The smallest absolute Gasteiger partial charge is 0.370 e. The number of piperidine rings is 2. The Balaban J connectivity index is 0.877. The molecule has 6 atom stereocenters. The number of hydrogen-bond acceptors (Lipinski definition) is 12. The number of benzene rings is 3. The second kappa shape index (κ2) is 26.9. The highest BCUT2D eigenvalue weighted by Crippen LogP contribution is 2.59. The van der Waals surface area contributed by atoms with Crippen molar-refractivity contribution in [2.24, 2.45) is 11.7 Å². The molecular weight excluding hydrogens is 1190 g/mol. The molecule has 1 unspecified atom stereocenters. The Labute approximate surface area is 516 Å². The van der Waals surface area contributed by atoms with Crippen molar-refractivity contribution in [3.8, 4) is 11.8 Å². The third-order valence-corrected chi connectivity index (χ3v) is 19.5. The van der Waals surface area contributed by atoms with E-state index >= 15 is 0 Å². The molecule has 0 spiro atoms. The Morgan fingerprint density at radius 2 is 1.57 bits per heavy atom. The second-order valence-corrected chi connectivity index (χ2v) is 27.1. The molecule has 9 N–H and O–H groups in total. The summed E-state index contributed by atoms with van der Waals surface area (Å²) in [6, 6.07) is 9.93. The molecule has 1 aromatic heterocycles. The number of nitrogens with two attached hydrogens (primary N) is 1. The van der Waals surface area contributed by atoms with Crippen LogP contribution in [0.3, 0.4) is 0 Å². The van der Waals surface area contributed by atoms with Crippen LogP contribution in [0.15, 0.2) is 66.7 Å². The summed E-state index contributed by atoms with van der Waals surface area (Å²) in [7, 11) is -4.52. The SMILES string of the molecule is CNC(=O)N1CC[C@H]2CC[C@@H](C(=O)N[C@@H](CCC(N)=O)C(=O)N[C@@H](Cc3ccc(C(C)(C)C)cc3)C(=O)N3CCC(CCC#Cc4cccc5c4CN(C4CCC(=O)NC4=O)C5=O)CC3)N2C(=O)[C@@H](NC(=O)c2cc3cc(C(F)(F)P(=O)(O)O)ccc3s2)C1. The maximum absolute atomic E-state index is 14.8. The number of halogens is 2. The first-order chi connectivity index (χ1) is 42.1. The van der Waals surface area contributed by atoms with E-state index in [-0.39, 0.29) is 110 Å². The highest BCUT2D eigenvalue weighted by atomic mass is 32.1. The van der Waals surface area contributed by atoms with Gasteiger partial charge in [0, 0.05) is 86.3 Å². The van der Waals surface area contributed by atoms with Gasteiger partial charge in [0.1, 0.15) is 30.2 Å². The Morgan fingerprint density at radius 1 is 0.865 bits per heavy atom. The number of fused-ring (bicyclic) bond motifs is 3. The monoisotopic (exact) mass is 1270 g/mol. The Morgan fingerprint density at radius 3 is 2.25 bits per heavy atom. The maximum Gasteiger partial charge on any atom is 0.399 e. The lowest BCUT2D eigenvalue weighted by Gasteiger charge is -2.38. The van der Waals surface area contributed by atoms with Gasteiger partial charge in [-0.15, -0.1) is 11.3 Å². The summed E-state index contributed by atoms with van der Waals surface area (Å²) in [6.07, 6.45) is 3.02. The molecule has 0 aliphatic carbocycles. The van der Waals surface area contributed by atoms with Crippen molar-refractivity contribution in [3.05, 3.63) is 105 Å². The average Bonchev–Trinajstić information content (AvgIpc) is 1.75. The molecular formula is C62H73F2N10O13PS. The summed E-state index contributed by atoms with van der Waals surface area (Å²) in [4.78, 5) is 161. The fraction of sp³-hybridized carbons (Fsp3) is 0.484. The topological polar surface area (TPSA) is 327 Å². The van der Waals surface area contributed by atoms with Gasteiger partial charge in [-0.05, 0) is 115 Å². The van der Waals surface area contributed by atoms with Crippen LogP contribution in [-0.4, -0.2) is 158 Å². The van der Waals surface area contributed by atoms with Gasteiger partial charge in [0.15, 0.2) is 0 Å². The molecule has 5 aliphatic heterocycles. The number of rotatable bonds is 17. The van der Waals surface area contributed by atoms with E-state index in [1.807, 2.05) is 30.3 Å². The first kappa shape index (κ1) is 65.3. The van der Waals surface area contributed by atoms with E-state index in [4.69, 9.17) is 5.73 Å². The van der Waals surface area contributed by atoms with Gasteiger partial charge in [-0.25, -0.2) is 4.79 Å². The Bertz CT molecular complexity index is 3590. The van der Waals surface area contributed by atoms with Gasteiger partial charge in [-0.2, -0.15) is 8.78 Å². The summed E-state index contributed by atoms with van der Waals surface area (Å²) in [5, 5.41) is 13.2. The highest BCUT2D eigenvalue weighted by molar-refractivity contribution is 7.52. The molecule has 4 fully saturated rings. The van der Waals surface area contributed by atoms with Crippen LogP contribution in [0, 0.1) is 17.8 Å². The van der Waals surface area contributed by atoms with Crippen molar-refractivity contribution in [1.29, 1.82) is 0 Å². The first-order valence-electron chi connectivity index (χ1n) is 29.7. The number of urea groups is 1. The normalized spacial score (nSPS) is 20.7. The van der Waals surface area contributed by atoms with Crippen LogP contribution in [-0.2, 0) is 62.2 Å². The zero-order valence-corrected chi connectivity index (χ0v) is 51.5. The average molecular weight is 1270 g/mol. The predicted octanol–water partition coefficient (Wildman–Crippen LogP) is 4.24. The van der Waals surface area contributed by atoms with E-state index in [9.17, 15) is 71.1 Å². The van der Waals surface area contributed by atoms with Crippen LogP contribution in [0.5, 0.6) is 0 Å². The van der Waals surface area contributed by atoms with E-state index in [2.05, 4.69) is 59.2 Å². The van der Waals surface area contributed by atoms with Gasteiger partial charge in [-0.3, -0.25) is 53.0 Å². The largest absolute Gasteiger partial charge is 0.399 e. The van der Waals surface area contributed by atoms with E-state index in [1.54, 1.807) is 17.0 Å². The third kappa shape index (κ3) is 14.8. The lowest BCUT2D eigenvalue weighted by molar-refractivity contribution is -0.144. The fourth-order valence-electron chi connectivity index (χ4n) is 12.3. The van der Waals surface area contributed by atoms with E-state index in [0.29, 0.717) is 48.2 Å². The summed E-state index contributed by atoms with van der Waals surface area (Å²) in [5.74, 6) is 1.29. The minimum atomic E-state index is -5.92. The van der Waals surface area contributed by atoms with Crippen LogP contribution in [0.1, 0.15) is 139 Å². The fourth-order valence-corrected chi connectivity index (χ4v) is 13.7. The molecule has 9 rings (SSSR count). The molecule has 5 aliphatic rings. The van der Waals surface area contributed by atoms with Gasteiger partial charge >= 0.3 is 19.3 Å². The van der Waals surface area contributed by atoms with Gasteiger partial charge in [0.05, 0.1) is 11.4 Å². The van der Waals surface area contributed by atoms with Gasteiger partial charge in [-0.1, -0.05) is 69.0 Å². The number of carbonyl (C=O) groups is 10. The number of carbonyl (C=O) groups excluding carboxylic acids is 10. The van der Waals surface area contributed by atoms with Crippen LogP contribution < -0.4 is 32.3 Å². The zero-order chi connectivity index (χ0) is 64.3. The minimum Gasteiger partial charge on any atom is -0.370 e. The molecule has 4 aromatic rings. The molecule has 89 heavy (non-hydrogen) atoms. The molecule has 23 nitrogen and oxygen atoms in total. The molecule has 0 radical (unpaired) electrons. The first-order valence-corrected chi connectivity index (χ1v) is 32.1. The number of alkyl halides is 2. The van der Waals surface area contributed by atoms with Crippen molar-refractivity contribution in [2.45, 2.75) is 152 Å². The third-order valence-electron chi connectivity index (χ3n) is 17.3. The van der Waals surface area contributed by atoms with Crippen LogP contribution in [0.4, 0.5) is 13.6 Å². The summed E-state index contributed by atoms with van der Waals surface area (Å²) in [6.45, 7) is 6.91. The molecule has 474 valence electrons. The highest BCUT2D eigenvalue weighted by Gasteiger charge is 2.51. The van der Waals surface area contributed by atoms with Gasteiger partial charge in [0.2, 0.25) is 41.4 Å². The summed E-state index contributed by atoms with van der Waals surface area (Å²) in [5.41, 5.74) is 3.61. The zero-order valence-electron chi connectivity index (χ0n) is 49.8. The Kier molecular flexibility index (Phi) is 19.8. The number of nitrogens with zero attached hydrogens (tertiary/aromatic N) is 4. The molecule has 0 bridgehead atoms. The lowest BCUT2D eigenvalue weighted by atomic mass is 9.86. The predicted molar refractivity (Wildman–Crippen MR) is 322 cm³/mol. The second-order valence-electron chi connectivity index (χ2n) is 24.4. The maximum atomic E-state index is 14.8. The van der Waals surface area contributed by atoms with Crippen molar-refractivity contribution >= 4 is 88.2 Å². The number of thiophene rings is 1. The number of hydrogen-bond donors (Lipinski definition) is 8. The molecule has 27 heteroatoms. The van der Waals surface area contributed by atoms with Crippen molar-refractivity contribution in [2.75, 3.05) is 33.2 Å². The van der Waals surface area contributed by atoms with Crippen LogP contribution >= 0.6 is 18.9 Å². The van der Waals surface area contributed by atoms with E-state index in [0.717, 1.165) is 46.6 Å². The van der Waals surface area contributed by atoms with E-state index < -0.39 is 96.5 Å². The molecule has 4 saturated heterocycles. The number of nitrogens with one attached hydrogen (secondary N) is 5. The minimum absolute atomic E-state index is 0.0627. The molecule has 11 amide bonds. The van der Waals surface area contributed by atoms with Gasteiger partial charge in [0.25, 0.3) is 11.8 Å². The number of likely N-dealkylation sites (tertiary alicyclic amines) is 1. The Hall–Kier alpha value is -8.11. The quantitative estimate of drug-likeness (QED) is 0.0417. The molecule has 3 aromatic carbocycles. The van der Waals surface area contributed by atoms with Crippen LogP contribution in [0.25, 0.3) is 10.1 Å².